The number of benzene rings is 1. The van der Waals surface area contributed by atoms with Gasteiger partial charge >= 0.3 is 0 Å². The fourth-order valence-corrected chi connectivity index (χ4v) is 3.27. The van der Waals surface area contributed by atoms with Gasteiger partial charge in [0, 0.05) is 10.5 Å². The van der Waals surface area contributed by atoms with Crippen molar-refractivity contribution in [3.05, 3.63) is 65.0 Å². The number of carbonyl (C=O) groups is 1. The van der Waals surface area contributed by atoms with E-state index in [1.54, 1.807) is 29.3 Å². The minimum atomic E-state index is -0.231. The first-order valence-corrected chi connectivity index (χ1v) is 9.32. The molecule has 27 heavy (non-hydrogen) atoms. The Hall–Kier alpha value is -2.93. The molecule has 0 fully saturated rings. The number of fused-ring (bicyclic) bond motifs is 1. The predicted molar refractivity (Wildman–Crippen MR) is 108 cm³/mol. The van der Waals surface area contributed by atoms with Crippen LogP contribution in [0.5, 0.6) is 0 Å². The Morgan fingerprint density at radius 2 is 2.04 bits per heavy atom. The molecule has 1 amide bonds. The number of amides is 1. The Bertz CT molecular complexity index is 1120. The maximum Gasteiger partial charge on any atom is 0.256 e. The maximum atomic E-state index is 13.1. The number of pyridine rings is 1. The summed E-state index contributed by atoms with van der Waals surface area (Å²) < 4.78 is 8.10. The molecule has 0 saturated carbocycles. The Labute approximate surface area is 164 Å². The van der Waals surface area contributed by atoms with Crippen LogP contribution in [0.2, 0.25) is 0 Å². The van der Waals surface area contributed by atoms with Crippen LogP contribution in [0.15, 0.2) is 63.8 Å². The topological polar surface area (TPSA) is 73.0 Å². The van der Waals surface area contributed by atoms with Gasteiger partial charge in [0.2, 0.25) is 0 Å². The van der Waals surface area contributed by atoms with E-state index in [0.717, 1.165) is 4.47 Å². The largest absolute Gasteiger partial charge is 0.463 e. The predicted octanol–water partition coefficient (Wildman–Crippen LogP) is 5.29. The van der Waals surface area contributed by atoms with Crippen LogP contribution in [0.4, 0.5) is 5.69 Å². The van der Waals surface area contributed by atoms with Crippen LogP contribution >= 0.6 is 15.9 Å². The second-order valence-corrected chi connectivity index (χ2v) is 7.24. The summed E-state index contributed by atoms with van der Waals surface area (Å²) in [6.45, 7) is 4.04. The molecule has 0 spiro atoms. The van der Waals surface area contributed by atoms with Crippen molar-refractivity contribution in [3.63, 3.8) is 0 Å². The number of rotatable bonds is 4. The molecular formula is C20H17BrN4O2. The molecule has 6 nitrogen and oxygen atoms in total. The molecule has 0 aliphatic rings. The van der Waals surface area contributed by atoms with Gasteiger partial charge in [-0.05, 0) is 60.1 Å². The molecular weight excluding hydrogens is 408 g/mol. The first-order chi connectivity index (χ1) is 13.0. The van der Waals surface area contributed by atoms with Gasteiger partial charge in [0.05, 0.1) is 29.1 Å². The van der Waals surface area contributed by atoms with Crippen LogP contribution in [0.1, 0.15) is 30.2 Å². The van der Waals surface area contributed by atoms with Gasteiger partial charge in [0.25, 0.3) is 5.91 Å². The highest BCUT2D eigenvalue weighted by molar-refractivity contribution is 9.10. The quantitative estimate of drug-likeness (QED) is 0.483. The molecule has 136 valence electrons. The standard InChI is InChI=1S/C20H17BrN4O2/c1-12(2)25-19-14(11-22-25)13(10-17(23-19)18-8-5-9-27-18)20(26)24-16-7-4-3-6-15(16)21/h3-12H,1-2H3,(H,24,26). The number of hydrogen-bond donors (Lipinski definition) is 1. The summed E-state index contributed by atoms with van der Waals surface area (Å²) in [5, 5.41) is 8.07. The van der Waals surface area contributed by atoms with Crippen LogP contribution in [0.25, 0.3) is 22.5 Å². The van der Waals surface area contributed by atoms with Gasteiger partial charge in [-0.1, -0.05) is 12.1 Å². The summed E-state index contributed by atoms with van der Waals surface area (Å²) in [7, 11) is 0. The van der Waals surface area contributed by atoms with Crippen molar-refractivity contribution in [2.75, 3.05) is 5.32 Å². The van der Waals surface area contributed by atoms with E-state index in [0.29, 0.717) is 33.7 Å². The molecule has 7 heteroatoms. The van der Waals surface area contributed by atoms with E-state index in [9.17, 15) is 4.79 Å². The van der Waals surface area contributed by atoms with Crippen molar-refractivity contribution in [3.8, 4) is 11.5 Å². The third kappa shape index (κ3) is 3.26. The highest BCUT2D eigenvalue weighted by Crippen LogP contribution is 2.28. The third-order valence-corrected chi connectivity index (χ3v) is 4.89. The van der Waals surface area contributed by atoms with Crippen molar-refractivity contribution < 1.29 is 9.21 Å². The van der Waals surface area contributed by atoms with Crippen LogP contribution in [-0.2, 0) is 0 Å². The van der Waals surface area contributed by atoms with E-state index in [-0.39, 0.29) is 11.9 Å². The molecule has 0 unspecified atom stereocenters. The van der Waals surface area contributed by atoms with Gasteiger partial charge in [-0.3, -0.25) is 4.79 Å². The molecule has 0 aliphatic heterocycles. The van der Waals surface area contributed by atoms with Gasteiger partial charge in [-0.2, -0.15) is 5.10 Å². The van der Waals surface area contributed by atoms with E-state index < -0.39 is 0 Å². The Morgan fingerprint density at radius 1 is 1.22 bits per heavy atom. The Balaban J connectivity index is 1.86. The second kappa shape index (κ2) is 7.00. The lowest BCUT2D eigenvalue weighted by Crippen LogP contribution is -2.13. The van der Waals surface area contributed by atoms with Crippen molar-refractivity contribution in [1.82, 2.24) is 14.8 Å². The van der Waals surface area contributed by atoms with Gasteiger partial charge < -0.3 is 9.73 Å². The monoisotopic (exact) mass is 424 g/mol. The molecule has 0 saturated heterocycles. The molecule has 3 heterocycles. The molecule has 0 aliphatic carbocycles. The van der Waals surface area contributed by atoms with Crippen molar-refractivity contribution in [1.29, 1.82) is 0 Å². The van der Waals surface area contributed by atoms with E-state index in [1.165, 1.54) is 0 Å². The zero-order valence-electron chi connectivity index (χ0n) is 14.8. The Kier molecular flexibility index (Phi) is 4.53. The van der Waals surface area contributed by atoms with Crippen molar-refractivity contribution in [2.45, 2.75) is 19.9 Å². The lowest BCUT2D eigenvalue weighted by molar-refractivity contribution is 0.102. The van der Waals surface area contributed by atoms with Gasteiger partial charge in [-0.25, -0.2) is 9.67 Å². The smallest absolute Gasteiger partial charge is 0.256 e. The van der Waals surface area contributed by atoms with Crippen LogP contribution in [0, 0.1) is 0 Å². The van der Waals surface area contributed by atoms with E-state index >= 15 is 0 Å². The number of furan rings is 1. The number of aromatic nitrogens is 3. The van der Waals surface area contributed by atoms with Crippen molar-refractivity contribution in [2.24, 2.45) is 0 Å². The number of para-hydroxylation sites is 1. The van der Waals surface area contributed by atoms with Crippen LogP contribution < -0.4 is 5.32 Å². The summed E-state index contributed by atoms with van der Waals surface area (Å²) in [6.07, 6.45) is 3.27. The first-order valence-electron chi connectivity index (χ1n) is 8.52. The third-order valence-electron chi connectivity index (χ3n) is 4.20. The molecule has 4 rings (SSSR count). The first kappa shape index (κ1) is 17.5. The van der Waals surface area contributed by atoms with E-state index in [4.69, 9.17) is 4.42 Å². The van der Waals surface area contributed by atoms with Crippen LogP contribution in [0.3, 0.4) is 0 Å². The molecule has 0 atom stereocenters. The number of nitrogens with one attached hydrogen (secondary N) is 1. The van der Waals surface area contributed by atoms with Gasteiger partial charge in [0.15, 0.2) is 11.4 Å². The maximum absolute atomic E-state index is 13.1. The van der Waals surface area contributed by atoms with Crippen molar-refractivity contribution >= 4 is 38.6 Å². The highest BCUT2D eigenvalue weighted by Gasteiger charge is 2.20. The number of anilines is 1. The summed E-state index contributed by atoms with van der Waals surface area (Å²) in [6, 6.07) is 12.9. The normalized spacial score (nSPS) is 11.3. The fraction of sp³-hybridized carbons (Fsp3) is 0.150. The number of halogens is 1. The fourth-order valence-electron chi connectivity index (χ4n) is 2.89. The molecule has 0 bridgehead atoms. The van der Waals surface area contributed by atoms with E-state index in [2.05, 4.69) is 31.3 Å². The van der Waals surface area contributed by atoms with Crippen LogP contribution in [-0.4, -0.2) is 20.7 Å². The summed E-state index contributed by atoms with van der Waals surface area (Å²) in [4.78, 5) is 17.7. The molecule has 0 radical (unpaired) electrons. The number of carbonyl (C=O) groups excluding carboxylic acids is 1. The number of nitrogens with zero attached hydrogens (tertiary/aromatic N) is 3. The Morgan fingerprint density at radius 3 is 2.74 bits per heavy atom. The average Bonchev–Trinajstić information content (AvgIpc) is 3.32. The second-order valence-electron chi connectivity index (χ2n) is 6.39. The molecule has 3 aromatic heterocycles. The minimum absolute atomic E-state index is 0.112. The molecule has 1 aromatic carbocycles. The highest BCUT2D eigenvalue weighted by atomic mass is 79.9. The molecule has 4 aromatic rings. The summed E-state index contributed by atoms with van der Waals surface area (Å²) in [5.74, 6) is 0.369. The molecule has 1 N–H and O–H groups in total. The zero-order chi connectivity index (χ0) is 19.0. The van der Waals surface area contributed by atoms with Gasteiger partial charge in [0.1, 0.15) is 5.69 Å². The number of hydrogen-bond acceptors (Lipinski definition) is 4. The lowest BCUT2D eigenvalue weighted by atomic mass is 10.1. The van der Waals surface area contributed by atoms with Gasteiger partial charge in [-0.15, -0.1) is 0 Å². The average molecular weight is 425 g/mol. The van der Waals surface area contributed by atoms with E-state index in [1.807, 2.05) is 44.2 Å². The zero-order valence-corrected chi connectivity index (χ0v) is 16.4. The summed E-state index contributed by atoms with van der Waals surface area (Å²) >= 11 is 3.46. The lowest BCUT2D eigenvalue weighted by Gasteiger charge is -2.11. The SMILES string of the molecule is CC(C)n1ncc2c(C(=O)Nc3ccccc3Br)cc(-c3ccco3)nc21. The minimum Gasteiger partial charge on any atom is -0.463 e. The summed E-state index contributed by atoms with van der Waals surface area (Å²) in [5.41, 5.74) is 2.43.